The van der Waals surface area contributed by atoms with Gasteiger partial charge < -0.3 is 4.57 Å². The largest absolute Gasteiger partial charge is 0.313 e. The highest BCUT2D eigenvalue weighted by atomic mass is 35.5. The number of fused-ring (bicyclic) bond motifs is 1. The second kappa shape index (κ2) is 7.93. The van der Waals surface area contributed by atoms with Crippen LogP contribution in [-0.2, 0) is 22.6 Å². The van der Waals surface area contributed by atoms with Crippen LogP contribution in [0.1, 0.15) is 15.9 Å². The molecule has 0 aliphatic carbocycles. The van der Waals surface area contributed by atoms with Crippen molar-refractivity contribution in [3.05, 3.63) is 88.9 Å². The van der Waals surface area contributed by atoms with Gasteiger partial charge in [-0.3, -0.25) is 10.1 Å². The van der Waals surface area contributed by atoms with E-state index in [1.165, 1.54) is 12.1 Å². The molecule has 4 rings (SSSR count). The van der Waals surface area contributed by atoms with Gasteiger partial charge in [0.25, 0.3) is 5.91 Å². The first-order valence-electron chi connectivity index (χ1n) is 9.13. The van der Waals surface area contributed by atoms with Crippen molar-refractivity contribution in [2.24, 2.45) is 7.05 Å². The summed E-state index contributed by atoms with van der Waals surface area (Å²) in [5.41, 5.74) is 2.38. The monoisotopic (exact) mass is 439 g/mol. The number of hydrogen-bond acceptors (Lipinski definition) is 4. The number of nitrogens with zero attached hydrogens (tertiary/aromatic N) is 2. The van der Waals surface area contributed by atoms with Crippen LogP contribution in [-0.4, -0.2) is 23.9 Å². The molecule has 8 heteroatoms. The van der Waals surface area contributed by atoms with Crippen molar-refractivity contribution in [3.8, 4) is 0 Å². The van der Waals surface area contributed by atoms with Crippen molar-refractivity contribution in [2.75, 3.05) is 5.32 Å². The van der Waals surface area contributed by atoms with Crippen molar-refractivity contribution >= 4 is 44.3 Å². The van der Waals surface area contributed by atoms with E-state index >= 15 is 0 Å². The number of rotatable bonds is 5. The van der Waals surface area contributed by atoms with Crippen LogP contribution < -0.4 is 5.32 Å². The molecule has 0 atom stereocenters. The first kappa shape index (κ1) is 20.1. The maximum absolute atomic E-state index is 12.8. The van der Waals surface area contributed by atoms with Crippen molar-refractivity contribution in [3.63, 3.8) is 0 Å². The van der Waals surface area contributed by atoms with Gasteiger partial charge in [-0.2, -0.15) is 0 Å². The molecule has 6 nitrogen and oxygen atoms in total. The van der Waals surface area contributed by atoms with Crippen LogP contribution in [0.2, 0.25) is 5.02 Å². The number of halogens is 1. The van der Waals surface area contributed by atoms with E-state index in [9.17, 15) is 13.2 Å². The Labute approximate surface area is 179 Å². The van der Waals surface area contributed by atoms with E-state index < -0.39 is 15.7 Å². The predicted molar refractivity (Wildman–Crippen MR) is 117 cm³/mol. The summed E-state index contributed by atoms with van der Waals surface area (Å²) < 4.78 is 27.3. The number of aryl methyl sites for hydroxylation is 1. The minimum atomic E-state index is -3.59. The molecule has 0 saturated carbocycles. The van der Waals surface area contributed by atoms with E-state index in [4.69, 9.17) is 11.6 Å². The number of benzene rings is 3. The number of carbonyl (C=O) groups is 1. The number of carbonyl (C=O) groups excluding carboxylic acids is 1. The zero-order valence-corrected chi connectivity index (χ0v) is 17.6. The van der Waals surface area contributed by atoms with Gasteiger partial charge in [-0.25, -0.2) is 13.4 Å². The van der Waals surface area contributed by atoms with E-state index in [0.717, 1.165) is 5.52 Å². The quantitative estimate of drug-likeness (QED) is 0.498. The van der Waals surface area contributed by atoms with Gasteiger partial charge in [0.05, 0.1) is 21.7 Å². The number of nitrogens with one attached hydrogen (secondary N) is 1. The summed E-state index contributed by atoms with van der Waals surface area (Å²) in [6.45, 7) is 0. The highest BCUT2D eigenvalue weighted by Gasteiger charge is 2.18. The predicted octanol–water partition coefficient (Wildman–Crippen LogP) is 4.45. The number of aromatic nitrogens is 2. The van der Waals surface area contributed by atoms with Crippen molar-refractivity contribution < 1.29 is 13.2 Å². The fraction of sp³-hybridized carbons (Fsp3) is 0.0909. The van der Waals surface area contributed by atoms with Gasteiger partial charge in [0.15, 0.2) is 9.84 Å². The first-order chi connectivity index (χ1) is 14.3. The Bertz CT molecular complexity index is 1350. The zero-order chi connectivity index (χ0) is 21.3. The van der Waals surface area contributed by atoms with E-state index in [0.29, 0.717) is 22.1 Å². The average molecular weight is 440 g/mol. The molecule has 1 aromatic heterocycles. The molecule has 0 unspecified atom stereocenters. The smallest absolute Gasteiger partial charge is 0.258 e. The van der Waals surface area contributed by atoms with Crippen molar-refractivity contribution in [1.29, 1.82) is 0 Å². The summed E-state index contributed by atoms with van der Waals surface area (Å²) in [5.74, 6) is -0.240. The molecule has 0 spiro atoms. The van der Waals surface area contributed by atoms with Gasteiger partial charge in [0.2, 0.25) is 5.95 Å². The Morgan fingerprint density at radius 1 is 1.03 bits per heavy atom. The fourth-order valence-corrected chi connectivity index (χ4v) is 4.72. The molecule has 4 aromatic rings. The Morgan fingerprint density at radius 3 is 2.57 bits per heavy atom. The van der Waals surface area contributed by atoms with Gasteiger partial charge in [0.1, 0.15) is 0 Å². The number of hydrogen-bond donors (Lipinski definition) is 1. The van der Waals surface area contributed by atoms with Gasteiger partial charge in [-0.05, 0) is 42.0 Å². The molecule has 1 heterocycles. The summed E-state index contributed by atoms with van der Waals surface area (Å²) in [4.78, 5) is 17.2. The Morgan fingerprint density at radius 2 is 1.80 bits per heavy atom. The summed E-state index contributed by atoms with van der Waals surface area (Å²) in [5, 5.41) is 3.29. The lowest BCUT2D eigenvalue weighted by Crippen LogP contribution is -2.16. The minimum Gasteiger partial charge on any atom is -0.313 e. The van der Waals surface area contributed by atoms with Crippen LogP contribution >= 0.6 is 11.6 Å². The maximum Gasteiger partial charge on any atom is 0.258 e. The molecular weight excluding hydrogens is 422 g/mol. The normalized spacial score (nSPS) is 11.5. The second-order valence-electron chi connectivity index (χ2n) is 6.85. The number of anilines is 1. The molecule has 0 aliphatic rings. The lowest BCUT2D eigenvalue weighted by atomic mass is 10.2. The standard InChI is InChI=1S/C22H18ClN3O3S/c1-26-20-11-10-17(23)13-19(20)24-22(26)25-21(27)16-8-5-9-18(12-16)30(28,29)14-15-6-3-2-4-7-15/h2-13H,14H2,1H3,(H,24,25,27). The maximum atomic E-state index is 12.8. The van der Waals surface area contributed by atoms with Crippen LogP contribution in [0.4, 0.5) is 5.95 Å². The third-order valence-corrected chi connectivity index (χ3v) is 6.64. The van der Waals surface area contributed by atoms with E-state index in [1.54, 1.807) is 60.1 Å². The molecule has 1 amide bonds. The van der Waals surface area contributed by atoms with Crippen molar-refractivity contribution in [1.82, 2.24) is 9.55 Å². The van der Waals surface area contributed by atoms with Gasteiger partial charge in [0, 0.05) is 17.6 Å². The molecule has 0 fully saturated rings. The van der Waals surface area contributed by atoms with E-state index in [2.05, 4.69) is 10.3 Å². The highest BCUT2D eigenvalue weighted by molar-refractivity contribution is 7.90. The lowest BCUT2D eigenvalue weighted by Gasteiger charge is -2.08. The Hall–Kier alpha value is -3.16. The molecule has 3 aromatic carbocycles. The Balaban J connectivity index is 1.59. The summed E-state index contributed by atoms with van der Waals surface area (Å²) in [6, 6.07) is 20.2. The SMILES string of the molecule is Cn1c(NC(=O)c2cccc(S(=O)(=O)Cc3ccccc3)c2)nc2cc(Cl)ccc21. The number of amides is 1. The molecule has 0 aliphatic heterocycles. The number of imidazole rings is 1. The summed E-state index contributed by atoms with van der Waals surface area (Å²) in [7, 11) is -1.81. The van der Waals surface area contributed by atoms with E-state index in [1.807, 2.05) is 12.1 Å². The third-order valence-electron chi connectivity index (χ3n) is 4.72. The first-order valence-corrected chi connectivity index (χ1v) is 11.2. The van der Waals surface area contributed by atoms with Gasteiger partial charge in [-0.1, -0.05) is 48.0 Å². The average Bonchev–Trinajstić information content (AvgIpc) is 3.03. The minimum absolute atomic E-state index is 0.0933. The molecule has 0 saturated heterocycles. The molecule has 1 N–H and O–H groups in total. The van der Waals surface area contributed by atoms with Crippen LogP contribution in [0.5, 0.6) is 0 Å². The molecule has 30 heavy (non-hydrogen) atoms. The molecule has 0 radical (unpaired) electrons. The van der Waals surface area contributed by atoms with Crippen LogP contribution in [0.15, 0.2) is 77.7 Å². The van der Waals surface area contributed by atoms with E-state index in [-0.39, 0.29) is 16.2 Å². The molecule has 0 bridgehead atoms. The highest BCUT2D eigenvalue weighted by Crippen LogP contribution is 2.23. The van der Waals surface area contributed by atoms with Gasteiger partial charge >= 0.3 is 0 Å². The lowest BCUT2D eigenvalue weighted by molar-refractivity contribution is 0.102. The van der Waals surface area contributed by atoms with Crippen LogP contribution in [0, 0.1) is 0 Å². The summed E-state index contributed by atoms with van der Waals surface area (Å²) in [6.07, 6.45) is 0. The van der Waals surface area contributed by atoms with Gasteiger partial charge in [-0.15, -0.1) is 0 Å². The molecule has 152 valence electrons. The molecular formula is C22H18ClN3O3S. The number of sulfone groups is 1. The van der Waals surface area contributed by atoms with Crippen LogP contribution in [0.3, 0.4) is 0 Å². The van der Waals surface area contributed by atoms with Crippen molar-refractivity contribution in [2.45, 2.75) is 10.6 Å². The topological polar surface area (TPSA) is 81.1 Å². The Kier molecular flexibility index (Phi) is 5.32. The summed E-state index contributed by atoms with van der Waals surface area (Å²) >= 11 is 6.01. The zero-order valence-electron chi connectivity index (χ0n) is 16.0. The van der Waals surface area contributed by atoms with Crippen LogP contribution in [0.25, 0.3) is 11.0 Å². The fourth-order valence-electron chi connectivity index (χ4n) is 3.17. The third kappa shape index (κ3) is 4.08. The second-order valence-corrected chi connectivity index (χ2v) is 9.28.